The lowest BCUT2D eigenvalue weighted by Gasteiger charge is -1.96. The summed E-state index contributed by atoms with van der Waals surface area (Å²) in [6, 6.07) is 4.15. The van der Waals surface area contributed by atoms with Gasteiger partial charge in [-0.25, -0.2) is 4.98 Å². The summed E-state index contributed by atoms with van der Waals surface area (Å²) in [5, 5.41) is 0. The van der Waals surface area contributed by atoms with Crippen molar-refractivity contribution in [3.8, 4) is 0 Å². The Balaban J connectivity index is 2.93. The highest BCUT2D eigenvalue weighted by Gasteiger charge is 2.02. The van der Waals surface area contributed by atoms with Crippen LogP contribution in [-0.2, 0) is 0 Å². The van der Waals surface area contributed by atoms with Crippen molar-refractivity contribution in [1.29, 1.82) is 0 Å². The molecule has 56 valence electrons. The van der Waals surface area contributed by atoms with Gasteiger partial charge in [-0.1, -0.05) is 15.9 Å². The molecule has 1 aromatic heterocycles. The number of nitrogens with zero attached hydrogens (tertiary/aromatic N) is 1. The van der Waals surface area contributed by atoms with Gasteiger partial charge in [0.05, 0.1) is 15.7 Å². The maximum Gasteiger partial charge on any atom is 0.0852 e. The van der Waals surface area contributed by atoms with Gasteiger partial charge < -0.3 is 0 Å². The van der Waals surface area contributed by atoms with E-state index in [2.05, 4.69) is 40.0 Å². The average Bonchev–Trinajstić information content (AvgIpc) is 2.45. The first-order chi connectivity index (χ1) is 5.29. The second-order valence-electron chi connectivity index (χ2n) is 2.37. The van der Waals surface area contributed by atoms with Crippen LogP contribution in [0.4, 0.5) is 0 Å². The molecule has 0 radical (unpaired) electrons. The second kappa shape index (κ2) is 2.57. The molecule has 3 heteroatoms. The lowest BCUT2D eigenvalue weighted by atomic mass is 10.2. The van der Waals surface area contributed by atoms with E-state index in [1.807, 2.05) is 5.51 Å². The van der Waals surface area contributed by atoms with Gasteiger partial charge >= 0.3 is 0 Å². The number of aryl methyl sites for hydroxylation is 1. The number of thiazole rings is 1. The number of aromatic nitrogens is 1. The lowest BCUT2D eigenvalue weighted by molar-refractivity contribution is 1.40. The van der Waals surface area contributed by atoms with Crippen molar-refractivity contribution in [3.63, 3.8) is 0 Å². The monoisotopic (exact) mass is 227 g/mol. The Morgan fingerprint density at radius 3 is 3.09 bits per heavy atom. The first kappa shape index (κ1) is 7.25. The molecule has 0 N–H and O–H groups in total. The standard InChI is InChI=1S/C8H6BrNS/c1-5-6(9)2-3-7-8(5)10-4-11-7/h2-4H,1H3. The molecule has 0 aliphatic carbocycles. The Labute approximate surface area is 77.2 Å². The van der Waals surface area contributed by atoms with E-state index in [1.54, 1.807) is 11.3 Å². The quantitative estimate of drug-likeness (QED) is 0.673. The zero-order chi connectivity index (χ0) is 7.84. The summed E-state index contributed by atoms with van der Waals surface area (Å²) in [5.74, 6) is 0. The Kier molecular flexibility index (Phi) is 1.69. The highest BCUT2D eigenvalue weighted by molar-refractivity contribution is 9.10. The SMILES string of the molecule is Cc1c(Br)ccc2scnc12. The third-order valence-corrected chi connectivity index (χ3v) is 3.34. The molecule has 1 heterocycles. The van der Waals surface area contributed by atoms with Crippen LogP contribution in [-0.4, -0.2) is 4.98 Å². The Morgan fingerprint density at radius 2 is 2.27 bits per heavy atom. The summed E-state index contributed by atoms with van der Waals surface area (Å²) in [6.45, 7) is 2.08. The molecule has 0 bridgehead atoms. The summed E-state index contributed by atoms with van der Waals surface area (Å²) in [4.78, 5) is 4.27. The predicted octanol–water partition coefficient (Wildman–Crippen LogP) is 3.37. The van der Waals surface area contributed by atoms with Gasteiger partial charge in [0.25, 0.3) is 0 Å². The number of halogens is 1. The summed E-state index contributed by atoms with van der Waals surface area (Å²) in [5.41, 5.74) is 4.22. The minimum Gasteiger partial charge on any atom is -0.244 e. The van der Waals surface area contributed by atoms with E-state index < -0.39 is 0 Å². The Bertz CT molecular complexity index is 394. The van der Waals surface area contributed by atoms with E-state index in [-0.39, 0.29) is 0 Å². The highest BCUT2D eigenvalue weighted by atomic mass is 79.9. The zero-order valence-corrected chi connectivity index (χ0v) is 8.37. The van der Waals surface area contributed by atoms with E-state index >= 15 is 0 Å². The largest absolute Gasteiger partial charge is 0.244 e. The van der Waals surface area contributed by atoms with Crippen LogP contribution in [0.1, 0.15) is 5.56 Å². The van der Waals surface area contributed by atoms with Crippen LogP contribution < -0.4 is 0 Å². The molecular weight excluding hydrogens is 222 g/mol. The highest BCUT2D eigenvalue weighted by Crippen LogP contribution is 2.26. The molecule has 0 saturated heterocycles. The summed E-state index contributed by atoms with van der Waals surface area (Å²) < 4.78 is 2.39. The van der Waals surface area contributed by atoms with Gasteiger partial charge in [-0.3, -0.25) is 0 Å². The molecule has 2 rings (SSSR count). The maximum absolute atomic E-state index is 4.27. The first-order valence-electron chi connectivity index (χ1n) is 3.27. The van der Waals surface area contributed by atoms with Crippen LogP contribution in [0.5, 0.6) is 0 Å². The van der Waals surface area contributed by atoms with E-state index in [4.69, 9.17) is 0 Å². The van der Waals surface area contributed by atoms with Gasteiger partial charge in [0, 0.05) is 4.47 Å². The minimum atomic E-state index is 1.12. The average molecular weight is 228 g/mol. The van der Waals surface area contributed by atoms with Gasteiger partial charge in [0.15, 0.2) is 0 Å². The fourth-order valence-corrected chi connectivity index (χ4v) is 2.10. The molecule has 0 fully saturated rings. The van der Waals surface area contributed by atoms with Crippen LogP contribution >= 0.6 is 27.3 Å². The fraction of sp³-hybridized carbons (Fsp3) is 0.125. The van der Waals surface area contributed by atoms with Crippen LogP contribution in [0.3, 0.4) is 0 Å². The molecule has 2 aromatic rings. The lowest BCUT2D eigenvalue weighted by Crippen LogP contribution is -1.76. The third kappa shape index (κ3) is 1.08. The van der Waals surface area contributed by atoms with Crippen molar-refractivity contribution in [1.82, 2.24) is 4.98 Å². The number of hydrogen-bond acceptors (Lipinski definition) is 2. The van der Waals surface area contributed by atoms with Crippen molar-refractivity contribution in [3.05, 3.63) is 27.7 Å². The molecular formula is C8H6BrNS. The fourth-order valence-electron chi connectivity index (χ4n) is 1.04. The van der Waals surface area contributed by atoms with E-state index in [0.29, 0.717) is 0 Å². The molecule has 0 spiro atoms. The van der Waals surface area contributed by atoms with E-state index in [9.17, 15) is 0 Å². The van der Waals surface area contributed by atoms with Gasteiger partial charge in [0.1, 0.15) is 0 Å². The van der Waals surface area contributed by atoms with Crippen molar-refractivity contribution in [2.75, 3.05) is 0 Å². The normalized spacial score (nSPS) is 10.7. The number of benzene rings is 1. The number of rotatable bonds is 0. The van der Waals surface area contributed by atoms with E-state index in [0.717, 1.165) is 9.99 Å². The van der Waals surface area contributed by atoms with Gasteiger partial charge in [-0.2, -0.15) is 0 Å². The Hall–Kier alpha value is -0.410. The third-order valence-electron chi connectivity index (χ3n) is 1.69. The van der Waals surface area contributed by atoms with Crippen molar-refractivity contribution < 1.29 is 0 Å². The molecule has 1 nitrogen and oxygen atoms in total. The predicted molar refractivity (Wildman–Crippen MR) is 52.1 cm³/mol. The smallest absolute Gasteiger partial charge is 0.0852 e. The van der Waals surface area contributed by atoms with Gasteiger partial charge in [-0.05, 0) is 24.6 Å². The van der Waals surface area contributed by atoms with Crippen LogP contribution in [0.25, 0.3) is 10.2 Å². The number of hydrogen-bond donors (Lipinski definition) is 0. The molecule has 0 aliphatic rings. The molecule has 0 unspecified atom stereocenters. The van der Waals surface area contributed by atoms with E-state index in [1.165, 1.54) is 10.3 Å². The summed E-state index contributed by atoms with van der Waals surface area (Å²) >= 11 is 5.14. The molecule has 11 heavy (non-hydrogen) atoms. The zero-order valence-electron chi connectivity index (χ0n) is 5.97. The molecule has 1 aromatic carbocycles. The maximum atomic E-state index is 4.27. The van der Waals surface area contributed by atoms with Crippen LogP contribution in [0.15, 0.2) is 22.1 Å². The number of fused-ring (bicyclic) bond motifs is 1. The molecule has 0 saturated carbocycles. The summed E-state index contributed by atoms with van der Waals surface area (Å²) in [7, 11) is 0. The Morgan fingerprint density at radius 1 is 1.45 bits per heavy atom. The molecule has 0 amide bonds. The van der Waals surface area contributed by atoms with Gasteiger partial charge in [-0.15, -0.1) is 11.3 Å². The molecule has 0 atom stereocenters. The second-order valence-corrected chi connectivity index (χ2v) is 4.11. The van der Waals surface area contributed by atoms with Crippen LogP contribution in [0, 0.1) is 6.92 Å². The van der Waals surface area contributed by atoms with Crippen molar-refractivity contribution in [2.45, 2.75) is 6.92 Å². The van der Waals surface area contributed by atoms with Crippen molar-refractivity contribution >= 4 is 37.5 Å². The topological polar surface area (TPSA) is 12.9 Å². The van der Waals surface area contributed by atoms with Gasteiger partial charge in [0.2, 0.25) is 0 Å². The van der Waals surface area contributed by atoms with Crippen molar-refractivity contribution in [2.24, 2.45) is 0 Å². The minimum absolute atomic E-state index is 1.12. The molecule has 0 aliphatic heterocycles. The van der Waals surface area contributed by atoms with Crippen LogP contribution in [0.2, 0.25) is 0 Å². The first-order valence-corrected chi connectivity index (χ1v) is 4.94. The summed E-state index contributed by atoms with van der Waals surface area (Å²) in [6.07, 6.45) is 0.